The predicted molar refractivity (Wildman–Crippen MR) is 53.2 cm³/mol. The van der Waals surface area contributed by atoms with Crippen LogP contribution in [0.5, 0.6) is 0 Å². The van der Waals surface area contributed by atoms with E-state index >= 15 is 0 Å². The van der Waals surface area contributed by atoms with Gasteiger partial charge in [-0.15, -0.1) is 0 Å². The molecule has 0 spiro atoms. The number of nitrogens with two attached hydrogens (primary N) is 1. The summed E-state index contributed by atoms with van der Waals surface area (Å²) in [5, 5.41) is 0. The molecule has 0 aromatic carbocycles. The minimum absolute atomic E-state index is 0.137. The summed E-state index contributed by atoms with van der Waals surface area (Å²) in [6, 6.07) is -0.282. The molecule has 1 rings (SSSR count). The van der Waals surface area contributed by atoms with E-state index in [1.54, 1.807) is 0 Å². The molecule has 2 N–H and O–H groups in total. The number of carbonyl (C=O) groups is 1. The zero-order chi connectivity index (χ0) is 9.84. The van der Waals surface area contributed by atoms with Crippen LogP contribution in [0.2, 0.25) is 0 Å². The van der Waals surface area contributed by atoms with E-state index in [4.69, 9.17) is 5.73 Å². The van der Waals surface area contributed by atoms with Gasteiger partial charge in [0.05, 0.1) is 6.04 Å². The van der Waals surface area contributed by atoms with E-state index in [2.05, 4.69) is 6.92 Å². The number of nitrogens with zero attached hydrogens (tertiary/aromatic N) is 1. The molecule has 1 fully saturated rings. The highest BCUT2D eigenvalue weighted by Gasteiger charge is 2.27. The van der Waals surface area contributed by atoms with Crippen LogP contribution in [-0.4, -0.2) is 29.9 Å². The molecule has 0 bridgehead atoms. The summed E-state index contributed by atoms with van der Waals surface area (Å²) < 4.78 is 0. The Morgan fingerprint density at radius 1 is 1.62 bits per heavy atom. The Kier molecular flexibility index (Phi) is 3.72. The average molecular weight is 184 g/mol. The maximum atomic E-state index is 11.6. The molecule has 0 aromatic rings. The summed E-state index contributed by atoms with van der Waals surface area (Å²) in [5.74, 6) is 0.839. The lowest BCUT2D eigenvalue weighted by atomic mass is 10.1. The van der Waals surface area contributed by atoms with Crippen LogP contribution in [0, 0.1) is 5.92 Å². The maximum Gasteiger partial charge on any atom is 0.239 e. The van der Waals surface area contributed by atoms with Crippen molar-refractivity contribution in [2.75, 3.05) is 13.1 Å². The first kappa shape index (κ1) is 10.5. The van der Waals surface area contributed by atoms with Crippen molar-refractivity contribution < 1.29 is 4.79 Å². The number of carbonyl (C=O) groups excluding carboxylic acids is 1. The maximum absolute atomic E-state index is 11.6. The average Bonchev–Trinajstić information content (AvgIpc) is 2.63. The first-order valence-corrected chi connectivity index (χ1v) is 5.23. The molecule has 0 aromatic heterocycles. The van der Waals surface area contributed by atoms with Crippen molar-refractivity contribution in [3.8, 4) is 0 Å². The van der Waals surface area contributed by atoms with Crippen LogP contribution in [0.1, 0.15) is 33.1 Å². The van der Waals surface area contributed by atoms with Crippen LogP contribution in [0.3, 0.4) is 0 Å². The fourth-order valence-corrected chi connectivity index (χ4v) is 1.78. The summed E-state index contributed by atoms with van der Waals surface area (Å²) in [4.78, 5) is 13.6. The monoisotopic (exact) mass is 184 g/mol. The third-order valence-electron chi connectivity index (χ3n) is 2.93. The van der Waals surface area contributed by atoms with Gasteiger partial charge in [-0.3, -0.25) is 4.79 Å². The van der Waals surface area contributed by atoms with E-state index in [-0.39, 0.29) is 11.9 Å². The first-order valence-electron chi connectivity index (χ1n) is 5.23. The van der Waals surface area contributed by atoms with Crippen LogP contribution >= 0.6 is 0 Å². The summed E-state index contributed by atoms with van der Waals surface area (Å²) in [7, 11) is 0. The van der Waals surface area contributed by atoms with Crippen LogP contribution in [-0.2, 0) is 4.79 Å². The summed E-state index contributed by atoms with van der Waals surface area (Å²) >= 11 is 0. The molecular weight excluding hydrogens is 164 g/mol. The van der Waals surface area contributed by atoms with Gasteiger partial charge in [-0.1, -0.05) is 20.3 Å². The van der Waals surface area contributed by atoms with Gasteiger partial charge in [-0.2, -0.15) is 0 Å². The molecule has 0 radical (unpaired) electrons. The Labute approximate surface area is 80.3 Å². The second-order valence-corrected chi connectivity index (χ2v) is 3.86. The Balaban J connectivity index is 2.41. The van der Waals surface area contributed by atoms with E-state index < -0.39 is 0 Å². The summed E-state index contributed by atoms with van der Waals surface area (Å²) in [6.45, 7) is 5.96. The summed E-state index contributed by atoms with van der Waals surface area (Å²) in [6.07, 6.45) is 3.07. The molecule has 1 heterocycles. The van der Waals surface area contributed by atoms with E-state index in [1.807, 2.05) is 11.8 Å². The number of hydrogen-bond acceptors (Lipinski definition) is 2. The third-order valence-corrected chi connectivity index (χ3v) is 2.93. The van der Waals surface area contributed by atoms with Gasteiger partial charge in [0.2, 0.25) is 5.91 Å². The fraction of sp³-hybridized carbons (Fsp3) is 0.900. The van der Waals surface area contributed by atoms with Crippen molar-refractivity contribution in [3.05, 3.63) is 0 Å². The molecule has 76 valence electrons. The molecule has 1 unspecified atom stereocenters. The van der Waals surface area contributed by atoms with Crippen molar-refractivity contribution in [3.63, 3.8) is 0 Å². The van der Waals surface area contributed by atoms with Gasteiger partial charge in [0.25, 0.3) is 0 Å². The van der Waals surface area contributed by atoms with Crippen molar-refractivity contribution in [2.45, 2.75) is 39.2 Å². The second kappa shape index (κ2) is 4.61. The minimum Gasteiger partial charge on any atom is -0.341 e. The highest BCUT2D eigenvalue weighted by Crippen LogP contribution is 2.19. The highest BCUT2D eigenvalue weighted by atomic mass is 16.2. The lowest BCUT2D eigenvalue weighted by molar-refractivity contribution is -0.131. The molecule has 3 heteroatoms. The molecule has 1 aliphatic heterocycles. The summed E-state index contributed by atoms with van der Waals surface area (Å²) in [5.41, 5.74) is 5.69. The minimum atomic E-state index is -0.282. The van der Waals surface area contributed by atoms with E-state index in [0.29, 0.717) is 5.92 Å². The Hall–Kier alpha value is -0.570. The van der Waals surface area contributed by atoms with Crippen molar-refractivity contribution in [2.24, 2.45) is 11.7 Å². The van der Waals surface area contributed by atoms with Gasteiger partial charge in [-0.25, -0.2) is 0 Å². The third kappa shape index (κ3) is 2.44. The number of hydrogen-bond donors (Lipinski definition) is 1. The van der Waals surface area contributed by atoms with Gasteiger partial charge in [-0.05, 0) is 18.8 Å². The van der Waals surface area contributed by atoms with Gasteiger partial charge < -0.3 is 10.6 Å². The molecule has 2 atom stereocenters. The predicted octanol–water partition coefficient (Wildman–Crippen LogP) is 0.982. The van der Waals surface area contributed by atoms with Crippen LogP contribution in [0.4, 0.5) is 0 Å². The number of amides is 1. The highest BCUT2D eigenvalue weighted by molar-refractivity contribution is 5.81. The van der Waals surface area contributed by atoms with Gasteiger partial charge >= 0.3 is 0 Å². The lowest BCUT2D eigenvalue weighted by Crippen LogP contribution is -2.42. The molecule has 0 aliphatic carbocycles. The molecule has 13 heavy (non-hydrogen) atoms. The van der Waals surface area contributed by atoms with Crippen LogP contribution in [0.25, 0.3) is 0 Å². The lowest BCUT2D eigenvalue weighted by Gasteiger charge is -2.19. The molecule has 3 nitrogen and oxygen atoms in total. The zero-order valence-electron chi connectivity index (χ0n) is 8.62. The van der Waals surface area contributed by atoms with Gasteiger partial charge in [0.1, 0.15) is 0 Å². The molecular formula is C10H20N2O. The smallest absolute Gasteiger partial charge is 0.239 e. The topological polar surface area (TPSA) is 46.3 Å². The van der Waals surface area contributed by atoms with E-state index in [9.17, 15) is 4.79 Å². The Bertz CT molecular complexity index is 182. The molecule has 1 saturated heterocycles. The van der Waals surface area contributed by atoms with E-state index in [0.717, 1.165) is 25.9 Å². The first-order chi connectivity index (χ1) is 6.19. The normalized spacial score (nSPS) is 24.8. The Morgan fingerprint density at radius 2 is 2.31 bits per heavy atom. The molecule has 0 saturated carbocycles. The largest absolute Gasteiger partial charge is 0.341 e. The zero-order valence-corrected chi connectivity index (χ0v) is 8.62. The standard InChI is InChI=1S/C10H20N2O/c1-3-8-5-6-12(7-8)10(13)9(11)4-2/h8-9H,3-7,11H2,1-2H3/t8?,9-/m0/s1. The quantitative estimate of drug-likeness (QED) is 0.710. The molecule has 1 amide bonds. The second-order valence-electron chi connectivity index (χ2n) is 3.86. The van der Waals surface area contributed by atoms with Crippen LogP contribution in [0.15, 0.2) is 0 Å². The van der Waals surface area contributed by atoms with Crippen LogP contribution < -0.4 is 5.73 Å². The van der Waals surface area contributed by atoms with Gasteiger partial charge in [0, 0.05) is 13.1 Å². The van der Waals surface area contributed by atoms with Crippen molar-refractivity contribution in [1.29, 1.82) is 0 Å². The SMILES string of the molecule is CCC1CCN(C(=O)[C@@H](N)CC)C1. The fourth-order valence-electron chi connectivity index (χ4n) is 1.78. The molecule has 1 aliphatic rings. The van der Waals surface area contributed by atoms with Crippen molar-refractivity contribution >= 4 is 5.91 Å². The number of rotatable bonds is 3. The van der Waals surface area contributed by atoms with Gasteiger partial charge in [0.15, 0.2) is 0 Å². The van der Waals surface area contributed by atoms with E-state index in [1.165, 1.54) is 6.42 Å². The van der Waals surface area contributed by atoms with Crippen molar-refractivity contribution in [1.82, 2.24) is 4.90 Å². The Morgan fingerprint density at radius 3 is 2.77 bits per heavy atom. The number of likely N-dealkylation sites (tertiary alicyclic amines) is 1.